The lowest BCUT2D eigenvalue weighted by Crippen LogP contribution is -2.38. The SMILES string of the molecule is CCNC(=NCc1csc(N(C)C)n1)NCCn1cc(C)cn1.I. The monoisotopic (exact) mass is 463 g/mol. The number of aryl methyl sites for hydroxylation is 1. The van der Waals surface area contributed by atoms with Crippen molar-refractivity contribution >= 4 is 46.4 Å². The lowest BCUT2D eigenvalue weighted by atomic mass is 10.4. The van der Waals surface area contributed by atoms with Crippen molar-refractivity contribution in [2.24, 2.45) is 4.99 Å². The van der Waals surface area contributed by atoms with Gasteiger partial charge in [-0.3, -0.25) is 4.68 Å². The third-order valence-electron chi connectivity index (χ3n) is 3.06. The maximum absolute atomic E-state index is 4.58. The Kier molecular flexibility index (Phi) is 9.04. The average Bonchev–Trinajstić information content (AvgIpc) is 3.14. The molecule has 0 atom stereocenters. The summed E-state index contributed by atoms with van der Waals surface area (Å²) in [6.07, 6.45) is 3.90. The van der Waals surface area contributed by atoms with Gasteiger partial charge in [0, 0.05) is 38.8 Å². The van der Waals surface area contributed by atoms with Gasteiger partial charge in [0.05, 0.1) is 25.0 Å². The largest absolute Gasteiger partial charge is 0.357 e. The number of aliphatic imine (C=N–C) groups is 1. The maximum Gasteiger partial charge on any atom is 0.191 e. The minimum Gasteiger partial charge on any atom is -0.357 e. The van der Waals surface area contributed by atoms with Crippen LogP contribution in [0.4, 0.5) is 5.13 Å². The Bertz CT molecular complexity index is 635. The molecule has 0 saturated heterocycles. The van der Waals surface area contributed by atoms with E-state index in [0.717, 1.165) is 36.4 Å². The quantitative estimate of drug-likeness (QED) is 0.374. The summed E-state index contributed by atoms with van der Waals surface area (Å²) in [5, 5.41) is 13.9. The van der Waals surface area contributed by atoms with E-state index in [1.807, 2.05) is 43.0 Å². The molecule has 0 aliphatic rings. The summed E-state index contributed by atoms with van der Waals surface area (Å²) in [7, 11) is 3.99. The number of guanidine groups is 1. The molecule has 2 aromatic heterocycles. The molecule has 2 heterocycles. The molecule has 0 aliphatic heterocycles. The average molecular weight is 463 g/mol. The second kappa shape index (κ2) is 10.5. The van der Waals surface area contributed by atoms with E-state index in [9.17, 15) is 0 Å². The van der Waals surface area contributed by atoms with Crippen LogP contribution in [0.5, 0.6) is 0 Å². The molecule has 7 nitrogen and oxygen atoms in total. The molecule has 0 aromatic carbocycles. The lowest BCUT2D eigenvalue weighted by Gasteiger charge is -2.11. The molecule has 0 amide bonds. The Hall–Kier alpha value is -1.36. The van der Waals surface area contributed by atoms with E-state index < -0.39 is 0 Å². The van der Waals surface area contributed by atoms with Gasteiger partial charge in [-0.05, 0) is 19.4 Å². The van der Waals surface area contributed by atoms with Crippen molar-refractivity contribution in [3.8, 4) is 0 Å². The molecule has 0 spiro atoms. The van der Waals surface area contributed by atoms with E-state index in [4.69, 9.17) is 0 Å². The van der Waals surface area contributed by atoms with Crippen LogP contribution < -0.4 is 15.5 Å². The van der Waals surface area contributed by atoms with Crippen LogP contribution in [0.1, 0.15) is 18.2 Å². The minimum absolute atomic E-state index is 0. The molecule has 2 N–H and O–H groups in total. The van der Waals surface area contributed by atoms with E-state index in [-0.39, 0.29) is 24.0 Å². The Morgan fingerprint density at radius 3 is 2.75 bits per heavy atom. The van der Waals surface area contributed by atoms with E-state index >= 15 is 0 Å². The predicted molar refractivity (Wildman–Crippen MR) is 112 cm³/mol. The molecule has 0 radical (unpaired) electrons. The summed E-state index contributed by atoms with van der Waals surface area (Å²) in [5.41, 5.74) is 2.16. The van der Waals surface area contributed by atoms with Crippen molar-refractivity contribution in [1.82, 2.24) is 25.4 Å². The van der Waals surface area contributed by atoms with Crippen LogP contribution in [0.3, 0.4) is 0 Å². The predicted octanol–water partition coefficient (Wildman–Crippen LogP) is 2.09. The normalized spacial score (nSPS) is 11.1. The number of aromatic nitrogens is 3. The standard InChI is InChI=1S/C15H25N7S.HI/c1-5-16-14(17-6-7-22-10-12(2)8-19-22)18-9-13-11-23-15(20-13)21(3)4;/h8,10-11H,5-7,9H2,1-4H3,(H2,16,17,18);1H. The molecule has 0 saturated carbocycles. The van der Waals surface area contributed by atoms with Crippen molar-refractivity contribution in [3.05, 3.63) is 29.0 Å². The second-order valence-corrected chi connectivity index (χ2v) is 6.26. The summed E-state index contributed by atoms with van der Waals surface area (Å²) < 4.78 is 1.93. The van der Waals surface area contributed by atoms with Gasteiger partial charge in [-0.25, -0.2) is 9.98 Å². The van der Waals surface area contributed by atoms with Gasteiger partial charge in [-0.1, -0.05) is 0 Å². The molecule has 0 unspecified atom stereocenters. The molecule has 0 fully saturated rings. The molecule has 9 heteroatoms. The number of anilines is 1. The van der Waals surface area contributed by atoms with Gasteiger partial charge < -0.3 is 15.5 Å². The summed E-state index contributed by atoms with van der Waals surface area (Å²) in [4.78, 5) is 11.1. The Morgan fingerprint density at radius 2 is 2.17 bits per heavy atom. The molecule has 134 valence electrons. The van der Waals surface area contributed by atoms with Gasteiger partial charge in [0.15, 0.2) is 11.1 Å². The fourth-order valence-corrected chi connectivity index (χ4v) is 2.70. The van der Waals surface area contributed by atoms with Crippen molar-refractivity contribution in [2.45, 2.75) is 26.9 Å². The highest BCUT2D eigenvalue weighted by atomic mass is 127. The second-order valence-electron chi connectivity index (χ2n) is 5.42. The molecule has 0 aliphatic carbocycles. The van der Waals surface area contributed by atoms with Crippen molar-refractivity contribution in [2.75, 3.05) is 32.1 Å². The van der Waals surface area contributed by atoms with E-state index in [1.165, 1.54) is 5.56 Å². The number of nitrogens with zero attached hydrogens (tertiary/aromatic N) is 5. The van der Waals surface area contributed by atoms with Crippen LogP contribution in [0.25, 0.3) is 0 Å². The zero-order valence-electron chi connectivity index (χ0n) is 14.6. The first-order valence-corrected chi connectivity index (χ1v) is 8.59. The van der Waals surface area contributed by atoms with Crippen LogP contribution >= 0.6 is 35.3 Å². The lowest BCUT2D eigenvalue weighted by molar-refractivity contribution is 0.597. The number of nitrogens with one attached hydrogen (secondary N) is 2. The van der Waals surface area contributed by atoms with Gasteiger partial charge in [-0.15, -0.1) is 35.3 Å². The number of rotatable bonds is 7. The van der Waals surface area contributed by atoms with Gasteiger partial charge in [0.2, 0.25) is 0 Å². The first kappa shape index (κ1) is 20.7. The van der Waals surface area contributed by atoms with Gasteiger partial charge in [-0.2, -0.15) is 5.10 Å². The van der Waals surface area contributed by atoms with E-state index in [2.05, 4.69) is 38.0 Å². The number of halogens is 1. The molecule has 2 aromatic rings. The third kappa shape index (κ3) is 6.63. The molecule has 24 heavy (non-hydrogen) atoms. The molecular formula is C15H26IN7S. The molecule has 2 rings (SSSR count). The fourth-order valence-electron chi connectivity index (χ4n) is 1.95. The maximum atomic E-state index is 4.58. The summed E-state index contributed by atoms with van der Waals surface area (Å²) >= 11 is 1.63. The topological polar surface area (TPSA) is 70.4 Å². The van der Waals surface area contributed by atoms with Gasteiger partial charge in [0.1, 0.15) is 0 Å². The fraction of sp³-hybridized carbons (Fsp3) is 0.533. The van der Waals surface area contributed by atoms with E-state index in [0.29, 0.717) is 6.54 Å². The Labute approximate surface area is 164 Å². The Balaban J connectivity index is 0.00000288. The van der Waals surface area contributed by atoms with Crippen molar-refractivity contribution in [3.63, 3.8) is 0 Å². The van der Waals surface area contributed by atoms with Crippen LogP contribution in [-0.2, 0) is 13.1 Å². The number of hydrogen-bond donors (Lipinski definition) is 2. The van der Waals surface area contributed by atoms with Crippen LogP contribution in [0, 0.1) is 6.92 Å². The number of hydrogen-bond acceptors (Lipinski definition) is 5. The van der Waals surface area contributed by atoms with Crippen LogP contribution in [0.2, 0.25) is 0 Å². The van der Waals surface area contributed by atoms with Gasteiger partial charge in [0.25, 0.3) is 0 Å². The molecule has 0 bridgehead atoms. The van der Waals surface area contributed by atoms with E-state index in [1.54, 1.807) is 11.3 Å². The Morgan fingerprint density at radius 1 is 1.38 bits per heavy atom. The third-order valence-corrected chi connectivity index (χ3v) is 4.12. The van der Waals surface area contributed by atoms with Crippen molar-refractivity contribution in [1.29, 1.82) is 0 Å². The summed E-state index contributed by atoms with van der Waals surface area (Å²) in [6.45, 7) is 7.07. The number of thiazole rings is 1. The zero-order chi connectivity index (χ0) is 16.7. The first-order valence-electron chi connectivity index (χ1n) is 7.71. The molecular weight excluding hydrogens is 437 g/mol. The van der Waals surface area contributed by atoms with Crippen molar-refractivity contribution < 1.29 is 0 Å². The zero-order valence-corrected chi connectivity index (χ0v) is 17.8. The summed E-state index contributed by atoms with van der Waals surface area (Å²) in [6, 6.07) is 0. The minimum atomic E-state index is 0. The highest BCUT2D eigenvalue weighted by molar-refractivity contribution is 14.0. The highest BCUT2D eigenvalue weighted by Crippen LogP contribution is 2.18. The van der Waals surface area contributed by atoms with Crippen LogP contribution in [-0.4, -0.2) is 47.9 Å². The highest BCUT2D eigenvalue weighted by Gasteiger charge is 2.04. The van der Waals surface area contributed by atoms with Crippen LogP contribution in [0.15, 0.2) is 22.8 Å². The van der Waals surface area contributed by atoms with Gasteiger partial charge >= 0.3 is 0 Å². The smallest absolute Gasteiger partial charge is 0.191 e. The summed E-state index contributed by atoms with van der Waals surface area (Å²) in [5.74, 6) is 0.802. The first-order chi connectivity index (χ1) is 11.1.